The van der Waals surface area contributed by atoms with Crippen LogP contribution in [0.3, 0.4) is 0 Å². The zero-order valence-electron chi connectivity index (χ0n) is 11.1. The molecule has 0 bridgehead atoms. The maximum absolute atomic E-state index is 9.42. The van der Waals surface area contributed by atoms with E-state index in [0.29, 0.717) is 25.2 Å². The quantitative estimate of drug-likeness (QED) is 0.876. The lowest BCUT2D eigenvalue weighted by Gasteiger charge is -2.30. The minimum Gasteiger partial charge on any atom is -0.454 e. The monoisotopic (exact) mass is 263 g/mol. The van der Waals surface area contributed by atoms with Gasteiger partial charge in [-0.1, -0.05) is 12.8 Å². The number of ether oxygens (including phenoxy) is 2. The lowest BCUT2D eigenvalue weighted by atomic mass is 9.79. The Morgan fingerprint density at radius 1 is 1.11 bits per heavy atom. The van der Waals surface area contributed by atoms with Crippen molar-refractivity contribution in [3.05, 3.63) is 18.2 Å². The first kappa shape index (κ1) is 12.6. The lowest BCUT2D eigenvalue weighted by molar-refractivity contribution is 0.141. The smallest absolute Gasteiger partial charge is 0.231 e. The minimum absolute atomic E-state index is 0.313. The lowest BCUT2D eigenvalue weighted by Crippen LogP contribution is -2.28. The molecule has 0 amide bonds. The number of rotatable bonds is 4. The number of anilines is 1. The second-order valence-electron chi connectivity index (χ2n) is 5.44. The van der Waals surface area contributed by atoms with Crippen LogP contribution in [0, 0.1) is 11.8 Å². The number of hydrogen-bond donors (Lipinski definition) is 2. The van der Waals surface area contributed by atoms with Crippen LogP contribution in [0.15, 0.2) is 18.2 Å². The van der Waals surface area contributed by atoms with E-state index >= 15 is 0 Å². The van der Waals surface area contributed by atoms with Crippen molar-refractivity contribution < 1.29 is 14.6 Å². The van der Waals surface area contributed by atoms with Gasteiger partial charge < -0.3 is 19.9 Å². The van der Waals surface area contributed by atoms with Gasteiger partial charge in [-0.3, -0.25) is 0 Å². The van der Waals surface area contributed by atoms with Gasteiger partial charge in [0.25, 0.3) is 0 Å². The maximum atomic E-state index is 9.42. The molecule has 2 aliphatic rings. The molecule has 2 unspecified atom stereocenters. The van der Waals surface area contributed by atoms with Crippen molar-refractivity contribution in [2.45, 2.75) is 25.7 Å². The largest absolute Gasteiger partial charge is 0.454 e. The van der Waals surface area contributed by atoms with Gasteiger partial charge in [-0.15, -0.1) is 0 Å². The standard InChI is InChI=1S/C15H21NO3/c17-9-12-4-2-1-3-11(12)8-16-13-5-6-14-15(7-13)19-10-18-14/h5-7,11-12,16-17H,1-4,8-10H2. The molecular weight excluding hydrogens is 242 g/mol. The van der Waals surface area contributed by atoms with E-state index in [9.17, 15) is 5.11 Å². The van der Waals surface area contributed by atoms with Crippen LogP contribution in [-0.2, 0) is 0 Å². The molecule has 3 rings (SSSR count). The molecule has 1 aliphatic heterocycles. The molecule has 4 heteroatoms. The van der Waals surface area contributed by atoms with E-state index in [2.05, 4.69) is 5.32 Å². The molecule has 0 aromatic heterocycles. The van der Waals surface area contributed by atoms with E-state index in [1.165, 1.54) is 19.3 Å². The molecule has 19 heavy (non-hydrogen) atoms. The van der Waals surface area contributed by atoms with Crippen LogP contribution < -0.4 is 14.8 Å². The fraction of sp³-hybridized carbons (Fsp3) is 0.600. The third-order valence-electron chi connectivity index (χ3n) is 4.24. The maximum Gasteiger partial charge on any atom is 0.231 e. The number of aliphatic hydroxyl groups is 1. The third kappa shape index (κ3) is 2.78. The Morgan fingerprint density at radius 3 is 2.74 bits per heavy atom. The molecule has 4 nitrogen and oxygen atoms in total. The normalized spacial score (nSPS) is 25.3. The van der Waals surface area contributed by atoms with E-state index < -0.39 is 0 Å². The summed E-state index contributed by atoms with van der Waals surface area (Å²) in [6.07, 6.45) is 4.91. The van der Waals surface area contributed by atoms with Crippen LogP contribution in [0.1, 0.15) is 25.7 Å². The first-order valence-corrected chi connectivity index (χ1v) is 7.11. The van der Waals surface area contributed by atoms with E-state index in [1.54, 1.807) is 0 Å². The van der Waals surface area contributed by atoms with Crippen molar-refractivity contribution >= 4 is 5.69 Å². The van der Waals surface area contributed by atoms with Gasteiger partial charge in [-0.05, 0) is 36.8 Å². The Labute approximate surface area is 113 Å². The molecule has 1 fully saturated rings. The molecule has 1 saturated carbocycles. The summed E-state index contributed by atoms with van der Waals surface area (Å²) in [4.78, 5) is 0. The summed E-state index contributed by atoms with van der Waals surface area (Å²) in [5.74, 6) is 2.66. The third-order valence-corrected chi connectivity index (χ3v) is 4.24. The van der Waals surface area contributed by atoms with E-state index in [1.807, 2.05) is 18.2 Å². The van der Waals surface area contributed by atoms with Crippen molar-refractivity contribution in [3.8, 4) is 11.5 Å². The predicted octanol–water partition coefficient (Wildman–Crippen LogP) is 2.63. The van der Waals surface area contributed by atoms with Crippen molar-refractivity contribution in [3.63, 3.8) is 0 Å². The Kier molecular flexibility index (Phi) is 3.78. The second-order valence-corrected chi connectivity index (χ2v) is 5.44. The van der Waals surface area contributed by atoms with Crippen LogP contribution in [0.5, 0.6) is 11.5 Å². The van der Waals surface area contributed by atoms with Crippen LogP contribution in [0.2, 0.25) is 0 Å². The van der Waals surface area contributed by atoms with E-state index in [-0.39, 0.29) is 0 Å². The highest BCUT2D eigenvalue weighted by molar-refractivity contribution is 5.55. The fourth-order valence-corrected chi connectivity index (χ4v) is 3.05. The first-order chi connectivity index (χ1) is 9.36. The summed E-state index contributed by atoms with van der Waals surface area (Å²) < 4.78 is 10.7. The highest BCUT2D eigenvalue weighted by atomic mass is 16.7. The van der Waals surface area contributed by atoms with Gasteiger partial charge >= 0.3 is 0 Å². The Hall–Kier alpha value is -1.42. The zero-order chi connectivity index (χ0) is 13.1. The SMILES string of the molecule is OCC1CCCCC1CNc1ccc2c(c1)OCO2. The summed E-state index contributed by atoms with van der Waals surface area (Å²) in [7, 11) is 0. The highest BCUT2D eigenvalue weighted by Crippen LogP contribution is 2.35. The molecule has 0 radical (unpaired) electrons. The predicted molar refractivity (Wildman–Crippen MR) is 73.6 cm³/mol. The van der Waals surface area contributed by atoms with Gasteiger partial charge in [0.05, 0.1) is 0 Å². The summed E-state index contributed by atoms with van der Waals surface area (Å²) in [5, 5.41) is 12.9. The van der Waals surface area contributed by atoms with Gasteiger partial charge in [-0.25, -0.2) is 0 Å². The second kappa shape index (κ2) is 5.70. The molecule has 104 valence electrons. The summed E-state index contributed by atoms with van der Waals surface area (Å²) in [6, 6.07) is 5.94. The van der Waals surface area contributed by atoms with Crippen LogP contribution >= 0.6 is 0 Å². The van der Waals surface area contributed by atoms with Crippen LogP contribution in [-0.4, -0.2) is 25.1 Å². The first-order valence-electron chi connectivity index (χ1n) is 7.11. The van der Waals surface area contributed by atoms with Crippen molar-refractivity contribution in [1.29, 1.82) is 0 Å². The highest BCUT2D eigenvalue weighted by Gasteiger charge is 2.24. The fourth-order valence-electron chi connectivity index (χ4n) is 3.05. The number of hydrogen-bond acceptors (Lipinski definition) is 4. The van der Waals surface area contributed by atoms with E-state index in [0.717, 1.165) is 30.2 Å². The van der Waals surface area contributed by atoms with Crippen molar-refractivity contribution in [2.24, 2.45) is 11.8 Å². The number of aliphatic hydroxyl groups excluding tert-OH is 1. The molecule has 1 aromatic rings. The van der Waals surface area contributed by atoms with Crippen LogP contribution in [0.4, 0.5) is 5.69 Å². The summed E-state index contributed by atoms with van der Waals surface area (Å²) in [6.45, 7) is 1.55. The van der Waals surface area contributed by atoms with Crippen molar-refractivity contribution in [1.82, 2.24) is 0 Å². The average molecular weight is 263 g/mol. The number of benzene rings is 1. The molecule has 1 aliphatic carbocycles. The summed E-state index contributed by atoms with van der Waals surface area (Å²) in [5.41, 5.74) is 1.06. The molecule has 0 saturated heterocycles. The number of nitrogens with one attached hydrogen (secondary N) is 1. The topological polar surface area (TPSA) is 50.7 Å². The molecular formula is C15H21NO3. The van der Waals surface area contributed by atoms with Gasteiger partial charge in [-0.2, -0.15) is 0 Å². The molecule has 1 aromatic carbocycles. The van der Waals surface area contributed by atoms with Crippen molar-refractivity contribution in [2.75, 3.05) is 25.3 Å². The van der Waals surface area contributed by atoms with Gasteiger partial charge in [0.15, 0.2) is 11.5 Å². The number of fused-ring (bicyclic) bond motifs is 1. The Balaban J connectivity index is 1.59. The zero-order valence-corrected chi connectivity index (χ0v) is 11.1. The van der Waals surface area contributed by atoms with Gasteiger partial charge in [0.1, 0.15) is 0 Å². The van der Waals surface area contributed by atoms with Gasteiger partial charge in [0, 0.05) is 24.9 Å². The Morgan fingerprint density at radius 2 is 1.89 bits per heavy atom. The van der Waals surface area contributed by atoms with Gasteiger partial charge in [0.2, 0.25) is 6.79 Å². The molecule has 0 spiro atoms. The van der Waals surface area contributed by atoms with E-state index in [4.69, 9.17) is 9.47 Å². The molecule has 1 heterocycles. The summed E-state index contributed by atoms with van der Waals surface area (Å²) >= 11 is 0. The minimum atomic E-state index is 0.313. The Bertz CT molecular complexity index is 435. The molecule has 2 N–H and O–H groups in total. The average Bonchev–Trinajstić information content (AvgIpc) is 2.93. The van der Waals surface area contributed by atoms with Crippen LogP contribution in [0.25, 0.3) is 0 Å². The molecule has 2 atom stereocenters.